The molecule has 1 aromatic rings. The van der Waals surface area contributed by atoms with Crippen LogP contribution in [0, 0.1) is 5.82 Å². The first-order valence-corrected chi connectivity index (χ1v) is 3.35. The molecule has 0 aliphatic carbocycles. The number of hydrogen-bond donors (Lipinski definition) is 2. The highest BCUT2D eigenvalue weighted by Gasteiger charge is 2.06. The topological polar surface area (TPSA) is 46.2 Å². The molecule has 0 radical (unpaired) electrons. The van der Waals surface area contributed by atoms with Crippen LogP contribution in [0.4, 0.5) is 4.39 Å². The molecular formula is C8H10FNO. The average Bonchev–Trinajstić information content (AvgIpc) is 1.85. The Morgan fingerprint density at radius 3 is 2.64 bits per heavy atom. The zero-order chi connectivity index (χ0) is 8.43. The Morgan fingerprint density at radius 1 is 1.55 bits per heavy atom. The third-order valence-corrected chi connectivity index (χ3v) is 1.47. The van der Waals surface area contributed by atoms with Crippen LogP contribution >= 0.6 is 0 Å². The highest BCUT2D eigenvalue weighted by atomic mass is 19.1. The molecule has 2 nitrogen and oxygen atoms in total. The van der Waals surface area contributed by atoms with Crippen molar-refractivity contribution in [2.24, 2.45) is 5.73 Å². The summed E-state index contributed by atoms with van der Waals surface area (Å²) in [5.41, 5.74) is 5.86. The second-order valence-corrected chi connectivity index (χ2v) is 2.49. The van der Waals surface area contributed by atoms with Gasteiger partial charge in [-0.15, -0.1) is 0 Å². The van der Waals surface area contributed by atoms with Crippen LogP contribution in [0.15, 0.2) is 18.2 Å². The monoisotopic (exact) mass is 155 g/mol. The van der Waals surface area contributed by atoms with E-state index in [2.05, 4.69) is 0 Å². The van der Waals surface area contributed by atoms with Crippen molar-refractivity contribution in [2.45, 2.75) is 13.0 Å². The van der Waals surface area contributed by atoms with Gasteiger partial charge in [0, 0.05) is 17.7 Å². The summed E-state index contributed by atoms with van der Waals surface area (Å²) in [6, 6.07) is 3.62. The van der Waals surface area contributed by atoms with Gasteiger partial charge in [0.2, 0.25) is 0 Å². The molecule has 0 spiro atoms. The van der Waals surface area contributed by atoms with Crippen molar-refractivity contribution in [3.05, 3.63) is 29.6 Å². The normalized spacial score (nSPS) is 13.0. The summed E-state index contributed by atoms with van der Waals surface area (Å²) in [5, 5.41) is 8.84. The minimum absolute atomic E-state index is 0.0769. The molecule has 1 rings (SSSR count). The molecule has 11 heavy (non-hydrogen) atoms. The van der Waals surface area contributed by atoms with E-state index < -0.39 is 5.82 Å². The lowest BCUT2D eigenvalue weighted by molar-refractivity contribution is 0.467. The van der Waals surface area contributed by atoms with E-state index in [4.69, 9.17) is 10.8 Å². The van der Waals surface area contributed by atoms with E-state index in [0.29, 0.717) is 5.56 Å². The maximum atomic E-state index is 12.9. The molecule has 0 unspecified atom stereocenters. The number of hydrogen-bond acceptors (Lipinski definition) is 2. The van der Waals surface area contributed by atoms with Crippen molar-refractivity contribution in [2.75, 3.05) is 0 Å². The number of phenolic OH excluding ortho intramolecular Hbond substituents is 1. The predicted molar refractivity (Wildman–Crippen MR) is 40.7 cm³/mol. The molecule has 0 fully saturated rings. The van der Waals surface area contributed by atoms with Crippen molar-refractivity contribution in [1.82, 2.24) is 0 Å². The largest absolute Gasteiger partial charge is 0.508 e. The van der Waals surface area contributed by atoms with Crippen molar-refractivity contribution < 1.29 is 9.50 Å². The van der Waals surface area contributed by atoms with Crippen molar-refractivity contribution >= 4 is 0 Å². The summed E-state index contributed by atoms with van der Waals surface area (Å²) >= 11 is 0. The number of phenols is 1. The molecule has 1 aromatic carbocycles. The second-order valence-electron chi connectivity index (χ2n) is 2.49. The van der Waals surface area contributed by atoms with E-state index in [0.717, 1.165) is 6.07 Å². The van der Waals surface area contributed by atoms with Crippen LogP contribution in [0.3, 0.4) is 0 Å². The van der Waals surface area contributed by atoms with Crippen LogP contribution in [-0.4, -0.2) is 5.11 Å². The zero-order valence-electron chi connectivity index (χ0n) is 6.21. The fourth-order valence-electron chi connectivity index (χ4n) is 0.885. The number of halogens is 1. The van der Waals surface area contributed by atoms with Gasteiger partial charge in [0.05, 0.1) is 0 Å². The van der Waals surface area contributed by atoms with Crippen LogP contribution in [-0.2, 0) is 0 Å². The number of benzene rings is 1. The zero-order valence-corrected chi connectivity index (χ0v) is 6.21. The third-order valence-electron chi connectivity index (χ3n) is 1.47. The molecule has 0 amide bonds. The van der Waals surface area contributed by atoms with Crippen molar-refractivity contribution in [1.29, 1.82) is 0 Å². The van der Waals surface area contributed by atoms with Gasteiger partial charge in [0.25, 0.3) is 0 Å². The summed E-state index contributed by atoms with van der Waals surface area (Å²) in [6.45, 7) is 1.69. The molecule has 0 aliphatic rings. The van der Waals surface area contributed by atoms with Gasteiger partial charge >= 0.3 is 0 Å². The highest BCUT2D eigenvalue weighted by molar-refractivity contribution is 5.29. The Bertz CT molecular complexity index is 260. The molecule has 0 aromatic heterocycles. The Labute approximate surface area is 64.5 Å². The predicted octanol–water partition coefficient (Wildman–Crippen LogP) is 1.55. The minimum Gasteiger partial charge on any atom is -0.508 e. The fraction of sp³-hybridized carbons (Fsp3) is 0.250. The molecule has 0 saturated heterocycles. The van der Waals surface area contributed by atoms with Crippen LogP contribution in [0.1, 0.15) is 18.5 Å². The molecule has 0 aliphatic heterocycles. The highest BCUT2D eigenvalue weighted by Crippen LogP contribution is 2.18. The Morgan fingerprint density at radius 2 is 2.18 bits per heavy atom. The van der Waals surface area contributed by atoms with E-state index in [1.54, 1.807) is 6.92 Å². The summed E-state index contributed by atoms with van der Waals surface area (Å²) in [6.07, 6.45) is 0. The standard InChI is InChI=1S/C8H10FNO/c1-5(10)7-3-2-6(11)4-8(7)9/h2-5,11H,10H2,1H3/t5-/m1/s1. The smallest absolute Gasteiger partial charge is 0.131 e. The van der Waals surface area contributed by atoms with E-state index in [1.807, 2.05) is 0 Å². The summed E-state index contributed by atoms with van der Waals surface area (Å²) < 4.78 is 12.9. The van der Waals surface area contributed by atoms with E-state index in [9.17, 15) is 4.39 Å². The van der Waals surface area contributed by atoms with Crippen LogP contribution in [0.25, 0.3) is 0 Å². The van der Waals surface area contributed by atoms with Crippen molar-refractivity contribution in [3.8, 4) is 5.75 Å². The molecule has 0 bridgehead atoms. The SMILES string of the molecule is C[C@@H](N)c1ccc(O)cc1F. The first kappa shape index (κ1) is 8.01. The van der Waals surface area contributed by atoms with Gasteiger partial charge in [-0.05, 0) is 13.0 Å². The van der Waals surface area contributed by atoms with Crippen LogP contribution < -0.4 is 5.73 Å². The first-order chi connectivity index (χ1) is 5.11. The van der Waals surface area contributed by atoms with Crippen molar-refractivity contribution in [3.63, 3.8) is 0 Å². The summed E-state index contributed by atoms with van der Waals surface area (Å²) in [4.78, 5) is 0. The van der Waals surface area contributed by atoms with Gasteiger partial charge in [-0.1, -0.05) is 6.07 Å². The average molecular weight is 155 g/mol. The number of rotatable bonds is 1. The fourth-order valence-corrected chi connectivity index (χ4v) is 0.885. The lowest BCUT2D eigenvalue weighted by Crippen LogP contribution is -2.06. The van der Waals surface area contributed by atoms with Crippen LogP contribution in [0.2, 0.25) is 0 Å². The Hall–Kier alpha value is -1.09. The van der Waals surface area contributed by atoms with Crippen LogP contribution in [0.5, 0.6) is 5.75 Å². The van der Waals surface area contributed by atoms with E-state index in [1.165, 1.54) is 12.1 Å². The van der Waals surface area contributed by atoms with E-state index in [-0.39, 0.29) is 11.8 Å². The van der Waals surface area contributed by atoms with Gasteiger partial charge in [-0.2, -0.15) is 0 Å². The molecule has 0 saturated carbocycles. The lowest BCUT2D eigenvalue weighted by Gasteiger charge is -2.06. The van der Waals surface area contributed by atoms with Gasteiger partial charge in [0.1, 0.15) is 11.6 Å². The minimum atomic E-state index is -0.458. The lowest BCUT2D eigenvalue weighted by atomic mass is 10.1. The molecular weight excluding hydrogens is 145 g/mol. The molecule has 3 heteroatoms. The maximum absolute atomic E-state index is 12.9. The second kappa shape index (κ2) is 2.88. The van der Waals surface area contributed by atoms with E-state index >= 15 is 0 Å². The quantitative estimate of drug-likeness (QED) is 0.646. The van der Waals surface area contributed by atoms with Gasteiger partial charge in [-0.25, -0.2) is 4.39 Å². The number of nitrogens with two attached hydrogens (primary N) is 1. The number of aromatic hydroxyl groups is 1. The third kappa shape index (κ3) is 1.68. The first-order valence-electron chi connectivity index (χ1n) is 3.35. The molecule has 3 N–H and O–H groups in total. The summed E-state index contributed by atoms with van der Waals surface area (Å²) in [7, 11) is 0. The molecule has 60 valence electrons. The van der Waals surface area contributed by atoms with Gasteiger partial charge in [0.15, 0.2) is 0 Å². The maximum Gasteiger partial charge on any atom is 0.131 e. The molecule has 1 atom stereocenters. The molecule has 0 heterocycles. The summed E-state index contributed by atoms with van der Waals surface area (Å²) in [5.74, 6) is -0.535. The van der Waals surface area contributed by atoms with Gasteiger partial charge in [-0.3, -0.25) is 0 Å². The Kier molecular flexibility index (Phi) is 2.10. The van der Waals surface area contributed by atoms with Gasteiger partial charge < -0.3 is 10.8 Å². The Balaban J connectivity index is 3.09.